The number of rotatable bonds is 3. The number of aliphatic hydroxyl groups is 1. The minimum absolute atomic E-state index is 0.0202. The highest BCUT2D eigenvalue weighted by Crippen LogP contribution is 2.22. The number of nitrogens with zero attached hydrogens (tertiary/aromatic N) is 1. The van der Waals surface area contributed by atoms with Crippen LogP contribution in [-0.4, -0.2) is 40.2 Å². The minimum Gasteiger partial charge on any atom is -0.508 e. The van der Waals surface area contributed by atoms with Gasteiger partial charge in [-0.3, -0.25) is 4.79 Å². The molecular weight excluding hydrogens is 242 g/mol. The Bertz CT molecular complexity index is 445. The zero-order valence-electron chi connectivity index (χ0n) is 11.2. The van der Waals surface area contributed by atoms with Gasteiger partial charge in [0.25, 0.3) is 0 Å². The first-order valence-electron chi connectivity index (χ1n) is 6.80. The maximum Gasteiger partial charge on any atom is 0.227 e. The van der Waals surface area contributed by atoms with Crippen molar-refractivity contribution in [3.05, 3.63) is 29.8 Å². The van der Waals surface area contributed by atoms with E-state index in [0.29, 0.717) is 12.1 Å². The van der Waals surface area contributed by atoms with Crippen molar-refractivity contribution in [1.29, 1.82) is 0 Å². The minimum atomic E-state index is -0.374. The molecule has 2 atom stereocenters. The molecule has 2 unspecified atom stereocenters. The lowest BCUT2D eigenvalue weighted by molar-refractivity contribution is -0.133. The van der Waals surface area contributed by atoms with E-state index in [4.69, 9.17) is 0 Å². The maximum atomic E-state index is 12.2. The van der Waals surface area contributed by atoms with E-state index in [9.17, 15) is 15.0 Å². The Labute approximate surface area is 113 Å². The van der Waals surface area contributed by atoms with Gasteiger partial charge in [-0.2, -0.15) is 0 Å². The molecule has 104 valence electrons. The highest BCUT2D eigenvalue weighted by molar-refractivity contribution is 5.79. The summed E-state index contributed by atoms with van der Waals surface area (Å²) in [6.45, 7) is 3.14. The van der Waals surface area contributed by atoms with Crippen LogP contribution in [0.3, 0.4) is 0 Å². The van der Waals surface area contributed by atoms with E-state index in [0.717, 1.165) is 19.4 Å². The number of hydrogen-bond donors (Lipinski definition) is 2. The summed E-state index contributed by atoms with van der Waals surface area (Å²) in [6.07, 6.45) is 1.75. The average molecular weight is 263 g/mol. The summed E-state index contributed by atoms with van der Waals surface area (Å²) in [5.41, 5.74) is 0.659. The lowest BCUT2D eigenvalue weighted by Crippen LogP contribution is -2.43. The van der Waals surface area contributed by atoms with Gasteiger partial charge < -0.3 is 15.1 Å². The van der Waals surface area contributed by atoms with Crippen LogP contribution < -0.4 is 0 Å². The number of likely N-dealkylation sites (tertiary alicyclic amines) is 1. The van der Waals surface area contributed by atoms with Gasteiger partial charge in [0.2, 0.25) is 5.91 Å². The third kappa shape index (κ3) is 3.47. The fourth-order valence-electron chi connectivity index (χ4n) is 2.57. The number of benzene rings is 1. The Morgan fingerprint density at radius 1 is 1.47 bits per heavy atom. The summed E-state index contributed by atoms with van der Waals surface area (Å²) in [6, 6.07) is 6.92. The summed E-state index contributed by atoms with van der Waals surface area (Å²) in [5, 5.41) is 19.3. The second-order valence-electron chi connectivity index (χ2n) is 5.29. The molecule has 0 saturated carbocycles. The van der Waals surface area contributed by atoms with Crippen molar-refractivity contribution in [3.8, 4) is 5.75 Å². The second kappa shape index (κ2) is 6.06. The number of phenols is 1. The Morgan fingerprint density at radius 2 is 2.21 bits per heavy atom. The molecule has 4 heteroatoms. The summed E-state index contributed by atoms with van der Waals surface area (Å²) >= 11 is 0. The third-order valence-corrected chi connectivity index (χ3v) is 3.83. The molecule has 1 aliphatic rings. The largest absolute Gasteiger partial charge is 0.508 e. The van der Waals surface area contributed by atoms with Crippen molar-refractivity contribution in [2.24, 2.45) is 5.92 Å². The van der Waals surface area contributed by atoms with Crippen LogP contribution in [0.25, 0.3) is 0 Å². The molecule has 1 aliphatic heterocycles. The zero-order chi connectivity index (χ0) is 13.8. The first-order valence-corrected chi connectivity index (χ1v) is 6.80. The van der Waals surface area contributed by atoms with E-state index in [2.05, 4.69) is 0 Å². The standard InChI is InChI=1S/C15H21NO3/c1-11(17)13-6-4-8-16(10-13)15(19)9-12-5-2-3-7-14(12)18/h2-3,5,7,11,13,17-18H,4,6,8-10H2,1H3. The maximum absolute atomic E-state index is 12.2. The lowest BCUT2D eigenvalue weighted by Gasteiger charge is -2.34. The van der Waals surface area contributed by atoms with Gasteiger partial charge in [-0.15, -0.1) is 0 Å². The van der Waals surface area contributed by atoms with Crippen LogP contribution in [0.4, 0.5) is 0 Å². The molecule has 2 N–H and O–H groups in total. The van der Waals surface area contributed by atoms with E-state index in [1.54, 1.807) is 30.0 Å². The van der Waals surface area contributed by atoms with E-state index in [1.807, 2.05) is 6.07 Å². The van der Waals surface area contributed by atoms with Crippen molar-refractivity contribution in [2.75, 3.05) is 13.1 Å². The van der Waals surface area contributed by atoms with Crippen LogP contribution in [0.5, 0.6) is 5.75 Å². The lowest BCUT2D eigenvalue weighted by atomic mass is 9.93. The first kappa shape index (κ1) is 13.9. The van der Waals surface area contributed by atoms with Gasteiger partial charge in [0.05, 0.1) is 12.5 Å². The monoisotopic (exact) mass is 263 g/mol. The predicted molar refractivity (Wildman–Crippen MR) is 72.8 cm³/mol. The number of hydrogen-bond acceptors (Lipinski definition) is 3. The molecule has 1 saturated heterocycles. The highest BCUT2D eigenvalue weighted by atomic mass is 16.3. The van der Waals surface area contributed by atoms with Gasteiger partial charge in [-0.05, 0) is 25.8 Å². The molecule has 0 bridgehead atoms. The Balaban J connectivity index is 1.98. The van der Waals surface area contributed by atoms with E-state index in [1.165, 1.54) is 0 Å². The Morgan fingerprint density at radius 3 is 2.89 bits per heavy atom. The van der Waals surface area contributed by atoms with E-state index in [-0.39, 0.29) is 30.1 Å². The van der Waals surface area contributed by atoms with Crippen molar-refractivity contribution in [2.45, 2.75) is 32.3 Å². The molecule has 0 spiro atoms. The van der Waals surface area contributed by atoms with Gasteiger partial charge in [-0.1, -0.05) is 18.2 Å². The molecule has 1 aromatic carbocycles. The highest BCUT2D eigenvalue weighted by Gasteiger charge is 2.26. The molecule has 1 fully saturated rings. The Kier molecular flexibility index (Phi) is 4.43. The Hall–Kier alpha value is -1.55. The molecule has 19 heavy (non-hydrogen) atoms. The summed E-state index contributed by atoms with van der Waals surface area (Å²) in [5.74, 6) is 0.355. The number of carbonyl (C=O) groups is 1. The quantitative estimate of drug-likeness (QED) is 0.870. The molecule has 1 heterocycles. The van der Waals surface area contributed by atoms with Crippen LogP contribution in [0, 0.1) is 5.92 Å². The number of aliphatic hydroxyl groups excluding tert-OH is 1. The van der Waals surface area contributed by atoms with Gasteiger partial charge in [0.15, 0.2) is 0 Å². The van der Waals surface area contributed by atoms with Gasteiger partial charge in [-0.25, -0.2) is 0 Å². The zero-order valence-corrected chi connectivity index (χ0v) is 11.2. The smallest absolute Gasteiger partial charge is 0.227 e. The molecule has 1 amide bonds. The number of phenolic OH excluding ortho intramolecular Hbond substituents is 1. The predicted octanol–water partition coefficient (Wildman–Crippen LogP) is 1.55. The number of carbonyl (C=O) groups excluding carboxylic acids is 1. The fraction of sp³-hybridized carbons (Fsp3) is 0.533. The van der Waals surface area contributed by atoms with E-state index < -0.39 is 0 Å². The van der Waals surface area contributed by atoms with Crippen molar-refractivity contribution in [1.82, 2.24) is 4.90 Å². The van der Waals surface area contributed by atoms with Crippen molar-refractivity contribution in [3.63, 3.8) is 0 Å². The van der Waals surface area contributed by atoms with Gasteiger partial charge >= 0.3 is 0 Å². The molecule has 0 aromatic heterocycles. The van der Waals surface area contributed by atoms with E-state index >= 15 is 0 Å². The summed E-state index contributed by atoms with van der Waals surface area (Å²) < 4.78 is 0. The number of piperidine rings is 1. The number of para-hydroxylation sites is 1. The topological polar surface area (TPSA) is 60.8 Å². The molecule has 0 aliphatic carbocycles. The molecule has 1 aromatic rings. The molecular formula is C15H21NO3. The van der Waals surface area contributed by atoms with Crippen LogP contribution in [0.2, 0.25) is 0 Å². The number of amides is 1. The third-order valence-electron chi connectivity index (χ3n) is 3.83. The molecule has 2 rings (SSSR count). The van der Waals surface area contributed by atoms with Crippen LogP contribution in [-0.2, 0) is 11.2 Å². The summed E-state index contributed by atoms with van der Waals surface area (Å²) in [4.78, 5) is 14.0. The van der Waals surface area contributed by atoms with Crippen LogP contribution in [0.1, 0.15) is 25.3 Å². The van der Waals surface area contributed by atoms with Crippen molar-refractivity contribution < 1.29 is 15.0 Å². The summed E-state index contributed by atoms with van der Waals surface area (Å²) in [7, 11) is 0. The molecule has 0 radical (unpaired) electrons. The second-order valence-corrected chi connectivity index (χ2v) is 5.29. The van der Waals surface area contributed by atoms with Gasteiger partial charge in [0, 0.05) is 24.6 Å². The van der Waals surface area contributed by atoms with Crippen LogP contribution in [0.15, 0.2) is 24.3 Å². The van der Waals surface area contributed by atoms with Gasteiger partial charge in [0.1, 0.15) is 5.75 Å². The molecule has 4 nitrogen and oxygen atoms in total. The average Bonchev–Trinajstić information content (AvgIpc) is 2.41. The SMILES string of the molecule is CC(O)C1CCCN(C(=O)Cc2ccccc2O)C1. The van der Waals surface area contributed by atoms with Crippen LogP contribution >= 0.6 is 0 Å². The van der Waals surface area contributed by atoms with Crippen molar-refractivity contribution >= 4 is 5.91 Å². The fourth-order valence-corrected chi connectivity index (χ4v) is 2.57. The first-order chi connectivity index (χ1) is 9.08. The normalized spacial score (nSPS) is 21.2. The number of aromatic hydroxyl groups is 1.